The van der Waals surface area contributed by atoms with Crippen molar-refractivity contribution in [2.24, 2.45) is 0 Å². The van der Waals surface area contributed by atoms with Gasteiger partial charge in [-0.15, -0.1) is 0 Å². The van der Waals surface area contributed by atoms with Crippen molar-refractivity contribution >= 4 is 12.0 Å². The number of carbonyl (C=O) groups excluding carboxylic acids is 2. The molecule has 3 rings (SSSR count). The summed E-state index contributed by atoms with van der Waals surface area (Å²) in [6.45, 7) is 5.12. The van der Waals surface area contributed by atoms with E-state index in [1.54, 1.807) is 19.1 Å². The standard InChI is InChI=1S/C21H25N3O4/c1-4-27-20(25)18-16(13-24(3)12-15-9-6-5-8-14(15)2)22-21(26)23-19(18)17-10-7-11-28-17/h5-11,19H,4,12-13H2,1-3H3,(H2,22,23,26). The lowest BCUT2D eigenvalue weighted by Crippen LogP contribution is -2.48. The number of nitrogens with one attached hydrogen (secondary N) is 2. The SMILES string of the molecule is CCOC(=O)C1=C(CN(C)Cc2ccccc2C)NC(=O)NC1c1ccco1. The molecule has 2 heterocycles. The Morgan fingerprint density at radius 1 is 1.21 bits per heavy atom. The molecule has 0 radical (unpaired) electrons. The van der Waals surface area contributed by atoms with Crippen LogP contribution in [-0.2, 0) is 16.1 Å². The molecular weight excluding hydrogens is 358 g/mol. The number of esters is 1. The summed E-state index contributed by atoms with van der Waals surface area (Å²) in [6.07, 6.45) is 1.51. The minimum atomic E-state index is -0.690. The zero-order valence-electron chi connectivity index (χ0n) is 16.3. The molecule has 1 aromatic carbocycles. The highest BCUT2D eigenvalue weighted by Gasteiger charge is 2.35. The predicted octanol–water partition coefficient (Wildman–Crippen LogP) is 2.89. The first kappa shape index (κ1) is 19.7. The quantitative estimate of drug-likeness (QED) is 0.719. The first-order chi connectivity index (χ1) is 13.5. The molecule has 1 aromatic heterocycles. The number of hydrogen-bond acceptors (Lipinski definition) is 5. The van der Waals surface area contributed by atoms with Crippen LogP contribution in [0, 0.1) is 6.92 Å². The molecule has 2 amide bonds. The van der Waals surface area contributed by atoms with Gasteiger partial charge in [-0.2, -0.15) is 0 Å². The Balaban J connectivity index is 1.90. The van der Waals surface area contributed by atoms with Crippen LogP contribution in [0.3, 0.4) is 0 Å². The molecule has 1 unspecified atom stereocenters. The van der Waals surface area contributed by atoms with Crippen LogP contribution in [0.25, 0.3) is 0 Å². The van der Waals surface area contributed by atoms with Gasteiger partial charge in [0.2, 0.25) is 0 Å². The summed E-state index contributed by atoms with van der Waals surface area (Å²) in [4.78, 5) is 27.0. The number of hydrogen-bond donors (Lipinski definition) is 2. The van der Waals surface area contributed by atoms with E-state index in [2.05, 4.69) is 29.7 Å². The number of ether oxygens (including phenoxy) is 1. The fraction of sp³-hybridized carbons (Fsp3) is 0.333. The van der Waals surface area contributed by atoms with Gasteiger partial charge in [-0.25, -0.2) is 9.59 Å². The van der Waals surface area contributed by atoms with E-state index in [-0.39, 0.29) is 12.6 Å². The molecule has 2 N–H and O–H groups in total. The normalized spacial score (nSPS) is 16.7. The number of rotatable bonds is 7. The third kappa shape index (κ3) is 4.43. The van der Waals surface area contributed by atoms with Crippen LogP contribution in [0.5, 0.6) is 0 Å². The number of nitrogens with zero attached hydrogens (tertiary/aromatic N) is 1. The van der Waals surface area contributed by atoms with Gasteiger partial charge < -0.3 is 19.8 Å². The van der Waals surface area contributed by atoms with Crippen molar-refractivity contribution in [2.75, 3.05) is 20.2 Å². The average Bonchev–Trinajstić information content (AvgIpc) is 3.18. The summed E-state index contributed by atoms with van der Waals surface area (Å²) >= 11 is 0. The Labute approximate surface area is 164 Å². The minimum Gasteiger partial charge on any atom is -0.467 e. The third-order valence-corrected chi connectivity index (χ3v) is 4.61. The summed E-state index contributed by atoms with van der Waals surface area (Å²) in [5.41, 5.74) is 3.25. The van der Waals surface area contributed by atoms with E-state index in [1.165, 1.54) is 17.4 Å². The molecule has 7 nitrogen and oxygen atoms in total. The first-order valence-electron chi connectivity index (χ1n) is 9.23. The largest absolute Gasteiger partial charge is 0.467 e. The first-order valence-corrected chi connectivity index (χ1v) is 9.23. The Morgan fingerprint density at radius 2 is 2.00 bits per heavy atom. The van der Waals surface area contributed by atoms with E-state index < -0.39 is 12.0 Å². The van der Waals surface area contributed by atoms with Crippen molar-refractivity contribution in [3.63, 3.8) is 0 Å². The lowest BCUT2D eigenvalue weighted by atomic mass is 9.99. The third-order valence-electron chi connectivity index (χ3n) is 4.61. The van der Waals surface area contributed by atoms with Crippen LogP contribution in [0.15, 0.2) is 58.3 Å². The van der Waals surface area contributed by atoms with Crippen molar-refractivity contribution in [2.45, 2.75) is 26.4 Å². The Morgan fingerprint density at radius 3 is 2.68 bits per heavy atom. The van der Waals surface area contributed by atoms with Crippen LogP contribution < -0.4 is 10.6 Å². The zero-order chi connectivity index (χ0) is 20.1. The van der Waals surface area contributed by atoms with Crippen LogP contribution in [-0.4, -0.2) is 37.1 Å². The average molecular weight is 383 g/mol. The van der Waals surface area contributed by atoms with Crippen LogP contribution >= 0.6 is 0 Å². The van der Waals surface area contributed by atoms with E-state index in [0.717, 1.165) is 0 Å². The van der Waals surface area contributed by atoms with Gasteiger partial charge in [0, 0.05) is 18.8 Å². The molecule has 7 heteroatoms. The van der Waals surface area contributed by atoms with Crippen molar-refractivity contribution in [3.05, 3.63) is 70.8 Å². The molecule has 1 aliphatic heterocycles. The van der Waals surface area contributed by atoms with Crippen molar-refractivity contribution in [1.29, 1.82) is 0 Å². The highest BCUT2D eigenvalue weighted by Crippen LogP contribution is 2.28. The Hall–Kier alpha value is -3.06. The molecule has 28 heavy (non-hydrogen) atoms. The van der Waals surface area contributed by atoms with E-state index in [4.69, 9.17) is 9.15 Å². The Kier molecular flexibility index (Phi) is 6.16. The molecule has 0 fully saturated rings. The summed E-state index contributed by atoms with van der Waals surface area (Å²) in [5.74, 6) is 0.00708. The van der Waals surface area contributed by atoms with E-state index in [0.29, 0.717) is 30.1 Å². The van der Waals surface area contributed by atoms with Crippen molar-refractivity contribution in [1.82, 2.24) is 15.5 Å². The van der Waals surface area contributed by atoms with Crippen LogP contribution in [0.4, 0.5) is 4.79 Å². The monoisotopic (exact) mass is 383 g/mol. The molecule has 148 valence electrons. The zero-order valence-corrected chi connectivity index (χ0v) is 16.3. The van der Waals surface area contributed by atoms with Gasteiger partial charge in [0.05, 0.1) is 18.4 Å². The van der Waals surface area contributed by atoms with Gasteiger partial charge in [-0.3, -0.25) is 4.90 Å². The maximum Gasteiger partial charge on any atom is 0.338 e. The van der Waals surface area contributed by atoms with E-state index >= 15 is 0 Å². The van der Waals surface area contributed by atoms with Gasteiger partial charge in [-0.05, 0) is 44.2 Å². The molecule has 1 aliphatic rings. The summed E-state index contributed by atoms with van der Waals surface area (Å²) in [6, 6.07) is 10.5. The van der Waals surface area contributed by atoms with Gasteiger partial charge in [0.25, 0.3) is 0 Å². The predicted molar refractivity (Wildman–Crippen MR) is 104 cm³/mol. The fourth-order valence-electron chi connectivity index (χ4n) is 3.27. The molecule has 0 aliphatic carbocycles. The van der Waals surface area contributed by atoms with Crippen LogP contribution in [0.2, 0.25) is 0 Å². The minimum absolute atomic E-state index is 0.244. The maximum atomic E-state index is 12.7. The number of furan rings is 1. The molecule has 1 atom stereocenters. The number of likely N-dealkylation sites (N-methyl/N-ethyl adjacent to an activating group) is 1. The highest BCUT2D eigenvalue weighted by molar-refractivity contribution is 5.95. The summed E-state index contributed by atoms with van der Waals surface area (Å²) in [7, 11) is 1.94. The number of urea groups is 1. The van der Waals surface area contributed by atoms with E-state index in [9.17, 15) is 9.59 Å². The Bertz CT molecular complexity index is 874. The second-order valence-electron chi connectivity index (χ2n) is 6.76. The molecule has 0 spiro atoms. The highest BCUT2D eigenvalue weighted by atomic mass is 16.5. The van der Waals surface area contributed by atoms with E-state index in [1.807, 2.05) is 24.1 Å². The lowest BCUT2D eigenvalue weighted by molar-refractivity contribution is -0.139. The second kappa shape index (κ2) is 8.75. The van der Waals surface area contributed by atoms with Gasteiger partial charge in [-0.1, -0.05) is 24.3 Å². The number of benzene rings is 1. The van der Waals surface area contributed by atoms with Crippen molar-refractivity contribution < 1.29 is 18.7 Å². The molecule has 0 saturated carbocycles. The molecule has 0 saturated heterocycles. The summed E-state index contributed by atoms with van der Waals surface area (Å²) < 4.78 is 10.7. The number of amides is 2. The summed E-state index contributed by atoms with van der Waals surface area (Å²) in [5, 5.41) is 5.52. The fourth-order valence-corrected chi connectivity index (χ4v) is 3.27. The maximum absolute atomic E-state index is 12.7. The van der Waals surface area contributed by atoms with Gasteiger partial charge >= 0.3 is 12.0 Å². The topological polar surface area (TPSA) is 83.8 Å². The molecule has 0 bridgehead atoms. The lowest BCUT2D eigenvalue weighted by Gasteiger charge is -2.30. The van der Waals surface area contributed by atoms with Crippen LogP contribution in [0.1, 0.15) is 29.9 Å². The second-order valence-corrected chi connectivity index (χ2v) is 6.76. The smallest absolute Gasteiger partial charge is 0.338 e. The molecule has 2 aromatic rings. The van der Waals surface area contributed by atoms with Crippen molar-refractivity contribution in [3.8, 4) is 0 Å². The van der Waals surface area contributed by atoms with Gasteiger partial charge in [0.15, 0.2) is 0 Å². The van der Waals surface area contributed by atoms with Gasteiger partial charge in [0.1, 0.15) is 11.8 Å². The number of aryl methyl sites for hydroxylation is 1. The number of carbonyl (C=O) groups is 2. The molecular formula is C21H25N3O4.